The van der Waals surface area contributed by atoms with Crippen molar-refractivity contribution in [1.29, 1.82) is 0 Å². The van der Waals surface area contributed by atoms with Crippen molar-refractivity contribution < 1.29 is 9.90 Å². The lowest BCUT2D eigenvalue weighted by Crippen LogP contribution is -2.40. The first-order chi connectivity index (χ1) is 8.15. The fourth-order valence-electron chi connectivity index (χ4n) is 1.83. The summed E-state index contributed by atoms with van der Waals surface area (Å²) in [5, 5.41) is 15.6. The molecule has 0 bridgehead atoms. The molecule has 0 unspecified atom stereocenters. The van der Waals surface area contributed by atoms with Gasteiger partial charge in [0.2, 0.25) is 5.91 Å². The molecule has 100 valence electrons. The minimum atomic E-state index is -0.139. The van der Waals surface area contributed by atoms with Crippen LogP contribution < -0.4 is 10.6 Å². The van der Waals surface area contributed by atoms with E-state index in [0.717, 1.165) is 19.4 Å². The number of aliphatic hydroxyl groups is 1. The summed E-state index contributed by atoms with van der Waals surface area (Å²) in [6.07, 6.45) is 4.81. The molecule has 0 aliphatic heterocycles. The Labute approximate surface area is 104 Å². The molecule has 0 radical (unpaired) electrons. The molecular formula is C13H26N2O2. The van der Waals surface area contributed by atoms with E-state index in [1.54, 1.807) is 0 Å². The fourth-order valence-corrected chi connectivity index (χ4v) is 1.83. The molecular weight excluding hydrogens is 216 g/mol. The molecule has 4 nitrogen and oxygen atoms in total. The lowest BCUT2D eigenvalue weighted by Gasteiger charge is -2.29. The summed E-state index contributed by atoms with van der Waals surface area (Å²) in [6, 6.07) is 0.658. The Balaban J connectivity index is 2.15. The van der Waals surface area contributed by atoms with Crippen LogP contribution in [-0.4, -0.2) is 36.8 Å². The van der Waals surface area contributed by atoms with Crippen LogP contribution in [-0.2, 0) is 4.79 Å². The molecule has 1 aliphatic carbocycles. The zero-order chi connectivity index (χ0) is 12.7. The maximum absolute atomic E-state index is 11.6. The standard InChI is InChI=1S/C13H26N2O2/c1-3-13(4-2,10-16)9-15-12(17)7-8-14-11-5-6-11/h11,14,16H,3-10H2,1-2H3,(H,15,17). The third kappa shape index (κ3) is 5.04. The van der Waals surface area contributed by atoms with Crippen LogP contribution in [0.3, 0.4) is 0 Å². The van der Waals surface area contributed by atoms with Crippen LogP contribution in [0, 0.1) is 5.41 Å². The highest BCUT2D eigenvalue weighted by Gasteiger charge is 2.25. The van der Waals surface area contributed by atoms with Crippen molar-refractivity contribution >= 4 is 5.91 Å². The number of hydrogen-bond acceptors (Lipinski definition) is 3. The first-order valence-corrected chi connectivity index (χ1v) is 6.76. The van der Waals surface area contributed by atoms with E-state index in [4.69, 9.17) is 0 Å². The van der Waals surface area contributed by atoms with E-state index in [1.165, 1.54) is 12.8 Å². The van der Waals surface area contributed by atoms with E-state index in [2.05, 4.69) is 24.5 Å². The highest BCUT2D eigenvalue weighted by atomic mass is 16.3. The largest absolute Gasteiger partial charge is 0.396 e. The number of aliphatic hydroxyl groups excluding tert-OH is 1. The average molecular weight is 242 g/mol. The summed E-state index contributed by atoms with van der Waals surface area (Å²) < 4.78 is 0. The molecule has 0 spiro atoms. The van der Waals surface area contributed by atoms with Gasteiger partial charge in [-0.25, -0.2) is 0 Å². The SMILES string of the molecule is CCC(CC)(CO)CNC(=O)CCNC1CC1. The van der Waals surface area contributed by atoms with Gasteiger partial charge in [-0.05, 0) is 25.7 Å². The van der Waals surface area contributed by atoms with Crippen LogP contribution in [0.25, 0.3) is 0 Å². The van der Waals surface area contributed by atoms with E-state index in [9.17, 15) is 9.90 Å². The Morgan fingerprint density at radius 3 is 2.47 bits per heavy atom. The molecule has 0 atom stereocenters. The van der Waals surface area contributed by atoms with Crippen molar-refractivity contribution in [2.45, 2.75) is 52.0 Å². The van der Waals surface area contributed by atoms with E-state index in [1.807, 2.05) is 0 Å². The molecule has 4 heteroatoms. The predicted octanol–water partition coefficient (Wildman–Crippen LogP) is 1.04. The molecule has 1 fully saturated rings. The normalized spacial score (nSPS) is 15.9. The van der Waals surface area contributed by atoms with E-state index < -0.39 is 0 Å². The minimum absolute atomic E-state index is 0.0814. The van der Waals surface area contributed by atoms with E-state index in [0.29, 0.717) is 19.0 Å². The number of carbonyl (C=O) groups is 1. The van der Waals surface area contributed by atoms with E-state index >= 15 is 0 Å². The molecule has 0 aromatic rings. The molecule has 1 rings (SSSR count). The van der Waals surface area contributed by atoms with Gasteiger partial charge in [-0.2, -0.15) is 0 Å². The third-order valence-electron chi connectivity index (χ3n) is 3.86. The van der Waals surface area contributed by atoms with Gasteiger partial charge in [0.25, 0.3) is 0 Å². The Hall–Kier alpha value is -0.610. The number of carbonyl (C=O) groups excluding carboxylic acids is 1. The minimum Gasteiger partial charge on any atom is -0.396 e. The van der Waals surface area contributed by atoms with Crippen molar-refractivity contribution in [2.24, 2.45) is 5.41 Å². The Bertz CT molecular complexity index is 227. The summed E-state index contributed by atoms with van der Waals surface area (Å²) in [6.45, 7) is 5.60. The molecule has 0 saturated heterocycles. The van der Waals surface area contributed by atoms with Gasteiger partial charge in [-0.3, -0.25) is 4.79 Å². The van der Waals surface area contributed by atoms with Crippen LogP contribution in [0.1, 0.15) is 46.0 Å². The summed E-state index contributed by atoms with van der Waals surface area (Å²) in [5.74, 6) is 0.0814. The molecule has 1 aliphatic rings. The second-order valence-corrected chi connectivity index (χ2v) is 5.12. The maximum atomic E-state index is 11.6. The molecule has 0 aromatic carbocycles. The van der Waals surface area contributed by atoms with Gasteiger partial charge >= 0.3 is 0 Å². The lowest BCUT2D eigenvalue weighted by atomic mass is 9.83. The van der Waals surface area contributed by atoms with Gasteiger partial charge < -0.3 is 15.7 Å². The van der Waals surface area contributed by atoms with Crippen LogP contribution in [0.2, 0.25) is 0 Å². The Morgan fingerprint density at radius 1 is 1.35 bits per heavy atom. The molecule has 0 aromatic heterocycles. The molecule has 17 heavy (non-hydrogen) atoms. The summed E-state index contributed by atoms with van der Waals surface area (Å²) in [7, 11) is 0. The van der Waals surface area contributed by atoms with Crippen LogP contribution in [0.4, 0.5) is 0 Å². The molecule has 3 N–H and O–H groups in total. The van der Waals surface area contributed by atoms with Crippen molar-refractivity contribution in [3.63, 3.8) is 0 Å². The summed E-state index contributed by atoms with van der Waals surface area (Å²) in [4.78, 5) is 11.6. The Morgan fingerprint density at radius 2 is 2.00 bits per heavy atom. The highest BCUT2D eigenvalue weighted by molar-refractivity contribution is 5.76. The third-order valence-corrected chi connectivity index (χ3v) is 3.86. The van der Waals surface area contributed by atoms with Gasteiger partial charge in [-0.1, -0.05) is 13.8 Å². The van der Waals surface area contributed by atoms with Crippen molar-refractivity contribution in [1.82, 2.24) is 10.6 Å². The van der Waals surface area contributed by atoms with Crippen molar-refractivity contribution in [2.75, 3.05) is 19.7 Å². The summed E-state index contributed by atoms with van der Waals surface area (Å²) in [5.41, 5.74) is -0.139. The van der Waals surface area contributed by atoms with Gasteiger partial charge in [0.05, 0.1) is 6.61 Å². The molecule has 1 amide bonds. The fraction of sp³-hybridized carbons (Fsp3) is 0.923. The zero-order valence-electron chi connectivity index (χ0n) is 11.1. The quantitative estimate of drug-likeness (QED) is 0.566. The second kappa shape index (κ2) is 6.97. The monoisotopic (exact) mass is 242 g/mol. The van der Waals surface area contributed by atoms with Crippen LogP contribution >= 0.6 is 0 Å². The van der Waals surface area contributed by atoms with Crippen molar-refractivity contribution in [3.8, 4) is 0 Å². The number of hydrogen-bond donors (Lipinski definition) is 3. The molecule has 0 heterocycles. The van der Waals surface area contributed by atoms with E-state index in [-0.39, 0.29) is 17.9 Å². The number of amides is 1. The Kier molecular flexibility index (Phi) is 5.92. The summed E-state index contributed by atoms with van der Waals surface area (Å²) >= 11 is 0. The maximum Gasteiger partial charge on any atom is 0.221 e. The van der Waals surface area contributed by atoms with Crippen LogP contribution in [0.15, 0.2) is 0 Å². The zero-order valence-corrected chi connectivity index (χ0v) is 11.1. The first kappa shape index (κ1) is 14.5. The van der Waals surface area contributed by atoms with Crippen molar-refractivity contribution in [3.05, 3.63) is 0 Å². The lowest BCUT2D eigenvalue weighted by molar-refractivity contribution is -0.121. The van der Waals surface area contributed by atoms with Gasteiger partial charge in [-0.15, -0.1) is 0 Å². The topological polar surface area (TPSA) is 61.4 Å². The smallest absolute Gasteiger partial charge is 0.221 e. The number of nitrogens with one attached hydrogen (secondary N) is 2. The molecule has 1 saturated carbocycles. The number of rotatable bonds is 9. The predicted molar refractivity (Wildman–Crippen MR) is 68.8 cm³/mol. The first-order valence-electron chi connectivity index (χ1n) is 6.76. The second-order valence-electron chi connectivity index (χ2n) is 5.12. The van der Waals surface area contributed by atoms with Gasteiger partial charge in [0, 0.05) is 31.0 Å². The highest BCUT2D eigenvalue weighted by Crippen LogP contribution is 2.24. The van der Waals surface area contributed by atoms with Crippen LogP contribution in [0.5, 0.6) is 0 Å². The average Bonchev–Trinajstić information content (AvgIpc) is 3.16. The van der Waals surface area contributed by atoms with Gasteiger partial charge in [0.1, 0.15) is 0 Å². The van der Waals surface area contributed by atoms with Gasteiger partial charge in [0.15, 0.2) is 0 Å².